The lowest BCUT2D eigenvalue weighted by molar-refractivity contribution is -0.133. The van der Waals surface area contributed by atoms with Crippen LogP contribution in [0.5, 0.6) is 11.5 Å². The minimum absolute atomic E-state index is 0.0755. The molecule has 0 spiro atoms. The first-order valence-electron chi connectivity index (χ1n) is 9.36. The first kappa shape index (κ1) is 19.0. The highest BCUT2D eigenvalue weighted by Crippen LogP contribution is 2.22. The lowest BCUT2D eigenvalue weighted by Crippen LogP contribution is -2.42. The molecule has 6 heteroatoms. The number of carbonyl (C=O) groups excluding carboxylic acids is 1. The van der Waals surface area contributed by atoms with Crippen LogP contribution in [0.15, 0.2) is 53.5 Å². The SMILES string of the molecule is COc1cccc(OC[C@H]2CCCN(C(=O)CCn3ccccc3=O)C2)c1. The van der Waals surface area contributed by atoms with Crippen molar-refractivity contribution in [2.75, 3.05) is 26.8 Å². The highest BCUT2D eigenvalue weighted by molar-refractivity contribution is 5.76. The summed E-state index contributed by atoms with van der Waals surface area (Å²) in [5.41, 5.74) is -0.0755. The minimum Gasteiger partial charge on any atom is -0.497 e. The maximum Gasteiger partial charge on any atom is 0.250 e. The van der Waals surface area contributed by atoms with Crippen molar-refractivity contribution in [1.82, 2.24) is 9.47 Å². The second-order valence-corrected chi connectivity index (χ2v) is 6.82. The van der Waals surface area contributed by atoms with E-state index >= 15 is 0 Å². The molecule has 0 unspecified atom stereocenters. The van der Waals surface area contributed by atoms with Gasteiger partial charge in [0.05, 0.1) is 13.7 Å². The number of hydrogen-bond acceptors (Lipinski definition) is 4. The summed E-state index contributed by atoms with van der Waals surface area (Å²) in [5, 5.41) is 0. The predicted molar refractivity (Wildman–Crippen MR) is 103 cm³/mol. The molecular weight excluding hydrogens is 344 g/mol. The van der Waals surface area contributed by atoms with E-state index in [0.717, 1.165) is 30.9 Å². The molecule has 1 aliphatic rings. The highest BCUT2D eigenvalue weighted by Gasteiger charge is 2.24. The van der Waals surface area contributed by atoms with Crippen LogP contribution < -0.4 is 15.0 Å². The Morgan fingerprint density at radius 1 is 1.19 bits per heavy atom. The molecule has 3 rings (SSSR count). The molecule has 1 amide bonds. The molecule has 0 N–H and O–H groups in total. The normalized spacial score (nSPS) is 16.8. The second kappa shape index (κ2) is 9.26. The second-order valence-electron chi connectivity index (χ2n) is 6.82. The first-order chi connectivity index (χ1) is 13.2. The van der Waals surface area contributed by atoms with Crippen LogP contribution in [0.4, 0.5) is 0 Å². The molecule has 2 heterocycles. The Kier molecular flexibility index (Phi) is 6.52. The zero-order chi connectivity index (χ0) is 19.1. The van der Waals surface area contributed by atoms with E-state index < -0.39 is 0 Å². The third-order valence-corrected chi connectivity index (χ3v) is 4.86. The molecule has 6 nitrogen and oxygen atoms in total. The van der Waals surface area contributed by atoms with Crippen molar-refractivity contribution in [2.24, 2.45) is 5.92 Å². The van der Waals surface area contributed by atoms with E-state index in [1.807, 2.05) is 29.2 Å². The van der Waals surface area contributed by atoms with Gasteiger partial charge in [-0.3, -0.25) is 9.59 Å². The van der Waals surface area contributed by atoms with Crippen LogP contribution in [0.2, 0.25) is 0 Å². The van der Waals surface area contributed by atoms with Crippen LogP contribution >= 0.6 is 0 Å². The highest BCUT2D eigenvalue weighted by atomic mass is 16.5. The van der Waals surface area contributed by atoms with Crippen LogP contribution in [-0.2, 0) is 11.3 Å². The quantitative estimate of drug-likeness (QED) is 0.752. The van der Waals surface area contributed by atoms with Crippen molar-refractivity contribution in [3.63, 3.8) is 0 Å². The van der Waals surface area contributed by atoms with E-state index in [-0.39, 0.29) is 11.5 Å². The lowest BCUT2D eigenvalue weighted by Gasteiger charge is -2.32. The Balaban J connectivity index is 1.48. The van der Waals surface area contributed by atoms with Crippen LogP contribution in [-0.4, -0.2) is 42.2 Å². The van der Waals surface area contributed by atoms with Crippen molar-refractivity contribution in [1.29, 1.82) is 0 Å². The smallest absolute Gasteiger partial charge is 0.250 e. The molecule has 1 aromatic carbocycles. The summed E-state index contributed by atoms with van der Waals surface area (Å²) in [6, 6.07) is 12.6. The maximum atomic E-state index is 12.5. The van der Waals surface area contributed by atoms with Gasteiger partial charge in [-0.2, -0.15) is 0 Å². The zero-order valence-corrected chi connectivity index (χ0v) is 15.7. The number of carbonyl (C=O) groups is 1. The summed E-state index contributed by atoms with van der Waals surface area (Å²) in [6.07, 6.45) is 4.08. The Hall–Kier alpha value is -2.76. The molecule has 1 saturated heterocycles. The van der Waals surface area contributed by atoms with Gasteiger partial charge in [0.15, 0.2) is 0 Å². The molecule has 1 aromatic heterocycles. The number of methoxy groups -OCH3 is 1. The molecule has 0 saturated carbocycles. The van der Waals surface area contributed by atoms with Crippen LogP contribution in [0.25, 0.3) is 0 Å². The molecule has 1 aliphatic heterocycles. The van der Waals surface area contributed by atoms with Gasteiger partial charge in [-0.05, 0) is 31.0 Å². The Morgan fingerprint density at radius 3 is 2.85 bits per heavy atom. The number of ether oxygens (including phenoxy) is 2. The van der Waals surface area contributed by atoms with Crippen LogP contribution in [0.3, 0.4) is 0 Å². The van der Waals surface area contributed by atoms with E-state index in [9.17, 15) is 9.59 Å². The zero-order valence-electron chi connectivity index (χ0n) is 15.7. The topological polar surface area (TPSA) is 60.8 Å². The molecule has 0 bridgehead atoms. The van der Waals surface area contributed by atoms with Gasteiger partial charge >= 0.3 is 0 Å². The van der Waals surface area contributed by atoms with Crippen molar-refractivity contribution in [3.8, 4) is 11.5 Å². The van der Waals surface area contributed by atoms with Gasteiger partial charge in [0, 0.05) is 50.3 Å². The van der Waals surface area contributed by atoms with Gasteiger partial charge in [-0.25, -0.2) is 0 Å². The number of nitrogens with zero attached hydrogens (tertiary/aromatic N) is 2. The fourth-order valence-electron chi connectivity index (χ4n) is 3.35. The molecule has 0 radical (unpaired) electrons. The Labute approximate surface area is 159 Å². The van der Waals surface area contributed by atoms with E-state index in [1.165, 1.54) is 6.07 Å². The molecular formula is C21H26N2O4. The summed E-state index contributed by atoms with van der Waals surface area (Å²) in [7, 11) is 1.63. The molecule has 1 fully saturated rings. The standard InChI is InChI=1S/C21H26N2O4/c1-26-18-7-4-8-19(14-18)27-16-17-6-5-12-23(15-17)21(25)10-13-22-11-3-2-9-20(22)24/h2-4,7-9,11,14,17H,5-6,10,12-13,15-16H2,1H3/t17-/m0/s1. The number of aromatic nitrogens is 1. The van der Waals surface area contributed by atoms with Crippen molar-refractivity contribution in [2.45, 2.75) is 25.8 Å². The van der Waals surface area contributed by atoms with Gasteiger partial charge in [0.1, 0.15) is 11.5 Å². The molecule has 0 aliphatic carbocycles. The fraction of sp³-hybridized carbons (Fsp3) is 0.429. The van der Waals surface area contributed by atoms with Gasteiger partial charge < -0.3 is 18.9 Å². The first-order valence-corrected chi connectivity index (χ1v) is 9.36. The molecule has 2 aromatic rings. The van der Waals surface area contributed by atoms with Gasteiger partial charge in [0.25, 0.3) is 5.56 Å². The summed E-state index contributed by atoms with van der Waals surface area (Å²) in [4.78, 5) is 26.2. The van der Waals surface area contributed by atoms with Crippen molar-refractivity contribution < 1.29 is 14.3 Å². The van der Waals surface area contributed by atoms with E-state index in [4.69, 9.17) is 9.47 Å². The number of likely N-dealkylation sites (tertiary alicyclic amines) is 1. The predicted octanol–water partition coefficient (Wildman–Crippen LogP) is 2.56. The lowest BCUT2D eigenvalue weighted by atomic mass is 9.98. The molecule has 144 valence electrons. The Morgan fingerprint density at radius 2 is 2.04 bits per heavy atom. The Bertz CT molecular complexity index is 818. The van der Waals surface area contributed by atoms with E-state index in [2.05, 4.69) is 0 Å². The van der Waals surface area contributed by atoms with Gasteiger partial charge in [-0.15, -0.1) is 0 Å². The van der Waals surface area contributed by atoms with Crippen LogP contribution in [0, 0.1) is 5.92 Å². The van der Waals surface area contributed by atoms with Gasteiger partial charge in [0.2, 0.25) is 5.91 Å². The third-order valence-electron chi connectivity index (χ3n) is 4.86. The maximum absolute atomic E-state index is 12.5. The fourth-order valence-corrected chi connectivity index (χ4v) is 3.35. The number of pyridine rings is 1. The van der Waals surface area contributed by atoms with Crippen LogP contribution in [0.1, 0.15) is 19.3 Å². The largest absolute Gasteiger partial charge is 0.497 e. The summed E-state index contributed by atoms with van der Waals surface area (Å²) in [5.74, 6) is 1.95. The minimum atomic E-state index is -0.0755. The average molecular weight is 370 g/mol. The number of aryl methyl sites for hydroxylation is 1. The number of piperidine rings is 1. The number of amides is 1. The third kappa shape index (κ3) is 5.36. The monoisotopic (exact) mass is 370 g/mol. The summed E-state index contributed by atoms with van der Waals surface area (Å²) < 4.78 is 12.7. The molecule has 1 atom stereocenters. The number of rotatable bonds is 7. The molecule has 27 heavy (non-hydrogen) atoms. The van der Waals surface area contributed by atoms with E-state index in [0.29, 0.717) is 32.0 Å². The number of hydrogen-bond donors (Lipinski definition) is 0. The average Bonchev–Trinajstić information content (AvgIpc) is 2.72. The van der Waals surface area contributed by atoms with E-state index in [1.54, 1.807) is 30.0 Å². The van der Waals surface area contributed by atoms with Crippen molar-refractivity contribution >= 4 is 5.91 Å². The summed E-state index contributed by atoms with van der Waals surface area (Å²) >= 11 is 0. The van der Waals surface area contributed by atoms with Crippen molar-refractivity contribution in [3.05, 3.63) is 59.0 Å². The number of benzene rings is 1. The summed E-state index contributed by atoms with van der Waals surface area (Å²) in [6.45, 7) is 2.47. The van der Waals surface area contributed by atoms with Gasteiger partial charge in [-0.1, -0.05) is 12.1 Å².